The molecule has 2 atom stereocenters. The van der Waals surface area contributed by atoms with Crippen molar-refractivity contribution in [3.63, 3.8) is 0 Å². The van der Waals surface area contributed by atoms with E-state index in [0.29, 0.717) is 13.0 Å². The van der Waals surface area contributed by atoms with Crippen molar-refractivity contribution in [3.05, 3.63) is 24.3 Å². The Kier molecular flexibility index (Phi) is 33.3. The van der Waals surface area contributed by atoms with Crippen LogP contribution >= 0.6 is 0 Å². The van der Waals surface area contributed by atoms with Crippen molar-refractivity contribution in [1.82, 2.24) is 0 Å². The Labute approximate surface area is 273 Å². The molecule has 258 valence electrons. The molecule has 0 aromatic heterocycles. The summed E-state index contributed by atoms with van der Waals surface area (Å²) in [7, 11) is 0. The number of allylic oxidation sites excluding steroid dienone is 4. The van der Waals surface area contributed by atoms with Gasteiger partial charge in [0.1, 0.15) is 18.8 Å². The van der Waals surface area contributed by atoms with Crippen molar-refractivity contribution in [2.45, 2.75) is 200 Å². The van der Waals surface area contributed by atoms with E-state index >= 15 is 0 Å². The zero-order valence-corrected chi connectivity index (χ0v) is 29.3. The molecule has 0 radical (unpaired) electrons. The maximum atomic E-state index is 12.6. The number of carbonyl (C=O) groups is 2. The summed E-state index contributed by atoms with van der Waals surface area (Å²) in [6.45, 7) is 6.22. The van der Waals surface area contributed by atoms with Crippen LogP contribution in [0.25, 0.3) is 0 Å². The highest BCUT2D eigenvalue weighted by Gasteiger charge is 2.27. The number of hydrogen-bond donors (Lipinski definition) is 1. The van der Waals surface area contributed by atoms with Gasteiger partial charge in [-0.05, 0) is 44.9 Å². The summed E-state index contributed by atoms with van der Waals surface area (Å²) >= 11 is 0. The Hall–Kier alpha value is -1.46. The number of unbranched alkanes of at least 4 members (excludes halogenated alkanes) is 21. The number of carbonyl (C=O) groups excluding carboxylic acids is 2. The number of ether oxygens (including phenoxy) is 2. The molecule has 0 fully saturated rings. The first-order valence-corrected chi connectivity index (χ1v) is 18.8. The van der Waals surface area contributed by atoms with Crippen molar-refractivity contribution in [2.75, 3.05) is 13.2 Å². The van der Waals surface area contributed by atoms with E-state index in [1.165, 1.54) is 116 Å². The molecule has 0 rings (SSSR count). The van der Waals surface area contributed by atoms with E-state index in [-0.39, 0.29) is 12.4 Å². The second kappa shape index (κ2) is 34.4. The first kappa shape index (κ1) is 42.5. The Balaban J connectivity index is 3.90. The second-order valence-corrected chi connectivity index (χ2v) is 12.7. The van der Waals surface area contributed by atoms with E-state index in [1.54, 1.807) is 0 Å². The van der Waals surface area contributed by atoms with Gasteiger partial charge in [0, 0.05) is 20.0 Å². The third kappa shape index (κ3) is 30.6. The largest absolute Gasteiger partial charge is 0.463 e. The van der Waals surface area contributed by atoms with Crippen molar-refractivity contribution in [2.24, 2.45) is 0 Å². The fraction of sp³-hybridized carbons (Fsp3) is 0.846. The lowest BCUT2D eigenvalue weighted by Crippen LogP contribution is -2.40. The fourth-order valence-corrected chi connectivity index (χ4v) is 5.43. The molecule has 1 N–H and O–H groups in total. The second-order valence-electron chi connectivity index (χ2n) is 12.7. The van der Waals surface area contributed by atoms with Gasteiger partial charge in [0.2, 0.25) is 0 Å². The highest BCUT2D eigenvalue weighted by molar-refractivity contribution is 5.83. The minimum atomic E-state index is -1.24. The van der Waals surface area contributed by atoms with Crippen LogP contribution in [0.5, 0.6) is 0 Å². The molecule has 0 amide bonds. The van der Waals surface area contributed by atoms with Crippen LogP contribution in [-0.2, 0) is 19.1 Å². The average molecular weight is 621 g/mol. The lowest BCUT2D eigenvalue weighted by atomic mass is 10.0. The van der Waals surface area contributed by atoms with Crippen molar-refractivity contribution in [1.29, 1.82) is 0 Å². The number of aliphatic hydroxyl groups is 1. The number of rotatable bonds is 34. The zero-order valence-electron chi connectivity index (χ0n) is 29.3. The van der Waals surface area contributed by atoms with E-state index in [4.69, 9.17) is 9.47 Å². The lowest BCUT2D eigenvalue weighted by molar-refractivity contribution is -0.154. The minimum absolute atomic E-state index is 0.0803. The monoisotopic (exact) mass is 621 g/mol. The van der Waals surface area contributed by atoms with E-state index in [2.05, 4.69) is 38.2 Å². The van der Waals surface area contributed by atoms with E-state index in [1.807, 2.05) is 0 Å². The predicted molar refractivity (Wildman–Crippen MR) is 187 cm³/mol. The summed E-state index contributed by atoms with van der Waals surface area (Å²) < 4.78 is 10.9. The molecule has 5 heteroatoms. The van der Waals surface area contributed by atoms with Gasteiger partial charge in [-0.15, -0.1) is 0 Å². The quantitative estimate of drug-likeness (QED) is 0.0440. The predicted octanol–water partition coefficient (Wildman–Crippen LogP) is 11.2. The topological polar surface area (TPSA) is 72.8 Å². The van der Waals surface area contributed by atoms with Gasteiger partial charge < -0.3 is 14.6 Å². The Morgan fingerprint density at radius 3 is 1.55 bits per heavy atom. The highest BCUT2D eigenvalue weighted by Crippen LogP contribution is 2.15. The van der Waals surface area contributed by atoms with Gasteiger partial charge in [0.15, 0.2) is 5.78 Å². The van der Waals surface area contributed by atoms with Gasteiger partial charge in [0.25, 0.3) is 0 Å². The van der Waals surface area contributed by atoms with Gasteiger partial charge in [-0.3, -0.25) is 9.59 Å². The molecule has 5 nitrogen and oxygen atoms in total. The summed E-state index contributed by atoms with van der Waals surface area (Å²) in [6, 6.07) is 0. The van der Waals surface area contributed by atoms with Crippen LogP contribution in [0.3, 0.4) is 0 Å². The van der Waals surface area contributed by atoms with Gasteiger partial charge >= 0.3 is 5.97 Å². The molecule has 0 aliphatic heterocycles. The Bertz CT molecular complexity index is 686. The molecule has 0 aliphatic carbocycles. The van der Waals surface area contributed by atoms with Gasteiger partial charge in [-0.25, -0.2) is 0 Å². The normalized spacial score (nSPS) is 13.2. The van der Waals surface area contributed by atoms with Crippen LogP contribution in [0.2, 0.25) is 0 Å². The van der Waals surface area contributed by atoms with Crippen LogP contribution in [0.15, 0.2) is 24.3 Å². The molecule has 0 aromatic rings. The number of aliphatic hydroxyl groups excluding tert-OH is 1. The van der Waals surface area contributed by atoms with Crippen LogP contribution in [0, 0.1) is 0 Å². The minimum Gasteiger partial charge on any atom is -0.463 e. The van der Waals surface area contributed by atoms with Crippen molar-refractivity contribution in [3.8, 4) is 0 Å². The van der Waals surface area contributed by atoms with E-state index in [9.17, 15) is 14.7 Å². The summed E-state index contributed by atoms with van der Waals surface area (Å²) in [4.78, 5) is 24.0. The first-order valence-electron chi connectivity index (χ1n) is 18.8. The van der Waals surface area contributed by atoms with Crippen LogP contribution < -0.4 is 0 Å². The summed E-state index contributed by atoms with van der Waals surface area (Å²) in [5, 5.41) is 10.6. The maximum Gasteiger partial charge on any atom is 0.302 e. The molecule has 0 spiro atoms. The zero-order chi connectivity index (χ0) is 32.4. The molecule has 0 saturated carbocycles. The van der Waals surface area contributed by atoms with Crippen LogP contribution in [0.4, 0.5) is 0 Å². The van der Waals surface area contributed by atoms with E-state index in [0.717, 1.165) is 51.4 Å². The van der Waals surface area contributed by atoms with Crippen molar-refractivity contribution >= 4 is 11.8 Å². The molecular weight excluding hydrogens is 548 g/mol. The number of esters is 1. The van der Waals surface area contributed by atoms with Crippen LogP contribution in [-0.4, -0.2) is 42.3 Å². The average Bonchev–Trinajstić information content (AvgIpc) is 3.01. The molecule has 0 aromatic carbocycles. The molecule has 0 saturated heterocycles. The smallest absolute Gasteiger partial charge is 0.302 e. The van der Waals surface area contributed by atoms with Gasteiger partial charge in [-0.1, -0.05) is 154 Å². The summed E-state index contributed by atoms with van der Waals surface area (Å²) in [6.07, 6.45) is 37.9. The highest BCUT2D eigenvalue weighted by atomic mass is 16.6. The number of ketones is 1. The number of Topliss-reactive ketones (excluding diaryl/α,β-unsaturated/α-hetero) is 1. The summed E-state index contributed by atoms with van der Waals surface area (Å²) in [5.74, 6) is -0.634. The molecular formula is C39H72O5. The van der Waals surface area contributed by atoms with Crippen molar-refractivity contribution < 1.29 is 24.2 Å². The van der Waals surface area contributed by atoms with Crippen LogP contribution in [0.1, 0.15) is 188 Å². The Morgan fingerprint density at radius 2 is 1.02 bits per heavy atom. The summed E-state index contributed by atoms with van der Waals surface area (Å²) in [5.41, 5.74) is 0. The van der Waals surface area contributed by atoms with E-state index < -0.39 is 18.2 Å². The molecule has 0 heterocycles. The third-order valence-corrected chi connectivity index (χ3v) is 8.34. The fourth-order valence-electron chi connectivity index (χ4n) is 5.43. The molecule has 0 bridgehead atoms. The van der Waals surface area contributed by atoms with Gasteiger partial charge in [0.05, 0.1) is 0 Å². The SMILES string of the molecule is CCCCC/C=C\C/C=C\CCCCCCCCOC(COC(C)=O)C(O)C(=O)CCCCCCCCCCCCCCC. The Morgan fingerprint density at radius 1 is 0.591 bits per heavy atom. The molecule has 2 unspecified atom stereocenters. The molecule has 0 aliphatic rings. The molecule has 44 heavy (non-hydrogen) atoms. The maximum absolute atomic E-state index is 12.6. The standard InChI is InChI=1S/C39H72O5/c1-4-6-8-10-12-14-16-18-19-20-22-24-26-28-30-32-34-43-38(35-44-36(3)40)39(42)37(41)33-31-29-27-25-23-21-17-15-13-11-9-7-5-2/h12,14,18-19,38-39,42H,4-11,13,15-17,20-35H2,1-3H3/b14-12-,19-18-. The number of hydrogen-bond acceptors (Lipinski definition) is 5. The third-order valence-electron chi connectivity index (χ3n) is 8.34. The first-order chi connectivity index (χ1) is 21.5. The van der Waals surface area contributed by atoms with Gasteiger partial charge in [-0.2, -0.15) is 0 Å². The lowest BCUT2D eigenvalue weighted by Gasteiger charge is -2.22.